The summed E-state index contributed by atoms with van der Waals surface area (Å²) in [6.07, 6.45) is -0.144. The first kappa shape index (κ1) is 27.4. The van der Waals surface area contributed by atoms with Crippen molar-refractivity contribution in [1.82, 2.24) is 14.9 Å². The van der Waals surface area contributed by atoms with E-state index >= 15 is 0 Å². The molecule has 1 atom stereocenters. The fraction of sp³-hybridized carbons (Fsp3) is 0.696. The van der Waals surface area contributed by atoms with Crippen molar-refractivity contribution in [2.45, 2.75) is 59.8 Å². The predicted octanol–water partition coefficient (Wildman–Crippen LogP) is 2.73. The van der Waals surface area contributed by atoms with Gasteiger partial charge in [-0.2, -0.15) is 0 Å². The molecule has 0 radical (unpaired) electrons. The Morgan fingerprint density at radius 2 is 1.97 bits per heavy atom. The molecule has 9 nitrogen and oxygen atoms in total. The molecule has 0 fully saturated rings. The number of H-pyrrole nitrogens is 1. The highest BCUT2D eigenvalue weighted by Gasteiger charge is 2.22. The highest BCUT2D eigenvalue weighted by molar-refractivity contribution is 7.20. The van der Waals surface area contributed by atoms with Gasteiger partial charge in [0.1, 0.15) is 15.5 Å². The van der Waals surface area contributed by atoms with Crippen LogP contribution in [0.2, 0.25) is 0 Å². The zero-order valence-electron chi connectivity index (χ0n) is 20.5. The van der Waals surface area contributed by atoms with Crippen molar-refractivity contribution < 1.29 is 24.1 Å². The number of nitrogens with zero attached hydrogens (tertiary/aromatic N) is 2. The maximum atomic E-state index is 12.8. The first-order valence-corrected chi connectivity index (χ1v) is 12.1. The number of ether oxygens (including phenoxy) is 3. The van der Waals surface area contributed by atoms with Crippen molar-refractivity contribution >= 4 is 27.5 Å². The van der Waals surface area contributed by atoms with Crippen molar-refractivity contribution in [3.05, 3.63) is 26.6 Å². The number of methoxy groups -OCH3 is 1. The molecule has 2 rings (SSSR count). The van der Waals surface area contributed by atoms with Crippen LogP contribution in [0, 0.1) is 12.8 Å². The van der Waals surface area contributed by atoms with Crippen molar-refractivity contribution in [2.75, 3.05) is 40.0 Å². The predicted molar refractivity (Wildman–Crippen MR) is 129 cm³/mol. The lowest BCUT2D eigenvalue weighted by atomic mass is 10.2. The number of nitrogens with one attached hydrogen (secondary N) is 1. The number of aromatic nitrogens is 2. The third kappa shape index (κ3) is 8.46. The van der Waals surface area contributed by atoms with Gasteiger partial charge in [-0.05, 0) is 38.7 Å². The smallest absolute Gasteiger partial charge is 0.348 e. The topological polar surface area (TPSA) is 114 Å². The van der Waals surface area contributed by atoms with Gasteiger partial charge in [0, 0.05) is 33.4 Å². The van der Waals surface area contributed by atoms with Gasteiger partial charge >= 0.3 is 5.97 Å². The molecule has 0 bridgehead atoms. The Morgan fingerprint density at radius 1 is 1.24 bits per heavy atom. The number of carbonyl (C=O) groups is 1. The van der Waals surface area contributed by atoms with Gasteiger partial charge in [0.05, 0.1) is 30.7 Å². The minimum atomic E-state index is -0.664. The number of aryl methyl sites for hydroxylation is 1. The highest BCUT2D eigenvalue weighted by Crippen LogP contribution is 2.28. The molecule has 2 N–H and O–H groups in total. The van der Waals surface area contributed by atoms with Crippen LogP contribution < -0.4 is 5.56 Å². The summed E-state index contributed by atoms with van der Waals surface area (Å²) in [7, 11) is 1.65. The Balaban J connectivity index is 2.20. The van der Waals surface area contributed by atoms with Crippen LogP contribution >= 0.6 is 11.3 Å². The van der Waals surface area contributed by atoms with E-state index in [-0.39, 0.29) is 18.3 Å². The summed E-state index contributed by atoms with van der Waals surface area (Å²) in [5, 5.41) is 10.8. The van der Waals surface area contributed by atoms with Crippen LogP contribution in [0.1, 0.15) is 55.2 Å². The van der Waals surface area contributed by atoms with Gasteiger partial charge < -0.3 is 24.3 Å². The summed E-state index contributed by atoms with van der Waals surface area (Å²) in [6, 6.07) is 0. The maximum absolute atomic E-state index is 12.8. The Hall–Kier alpha value is -1.85. The molecule has 2 heterocycles. The number of thiophene rings is 1. The molecule has 0 saturated carbocycles. The normalized spacial score (nSPS) is 12.9. The third-order valence-electron chi connectivity index (χ3n) is 4.80. The van der Waals surface area contributed by atoms with E-state index in [1.807, 2.05) is 4.90 Å². The lowest BCUT2D eigenvalue weighted by molar-refractivity contribution is 0.00544. The second kappa shape index (κ2) is 13.1. The molecule has 2 aromatic rings. The van der Waals surface area contributed by atoms with E-state index in [0.717, 1.165) is 17.8 Å². The summed E-state index contributed by atoms with van der Waals surface area (Å²) in [6.45, 7) is 12.2. The second-order valence-electron chi connectivity index (χ2n) is 8.87. The number of esters is 1. The van der Waals surface area contributed by atoms with Gasteiger partial charge in [0.2, 0.25) is 0 Å². The van der Waals surface area contributed by atoms with E-state index in [1.54, 1.807) is 27.9 Å². The summed E-state index contributed by atoms with van der Waals surface area (Å²) in [4.78, 5) is 35.6. The quantitative estimate of drug-likeness (QED) is 0.311. The number of aromatic amines is 1. The minimum absolute atomic E-state index is 0.243. The maximum Gasteiger partial charge on any atom is 0.348 e. The number of rotatable bonds is 14. The molecule has 0 spiro atoms. The second-order valence-corrected chi connectivity index (χ2v) is 9.87. The molecule has 186 valence electrons. The molecule has 0 aliphatic heterocycles. The number of carbonyl (C=O) groups excluding carboxylic acids is 1. The van der Waals surface area contributed by atoms with E-state index in [0.29, 0.717) is 65.2 Å². The third-order valence-corrected chi connectivity index (χ3v) is 5.97. The molecule has 33 heavy (non-hydrogen) atoms. The van der Waals surface area contributed by atoms with Crippen LogP contribution in [0.3, 0.4) is 0 Å². The van der Waals surface area contributed by atoms with Crippen LogP contribution in [-0.4, -0.2) is 78.2 Å². The Kier molecular flexibility index (Phi) is 10.9. The van der Waals surface area contributed by atoms with Gasteiger partial charge in [-0.25, -0.2) is 9.78 Å². The van der Waals surface area contributed by atoms with Gasteiger partial charge in [-0.15, -0.1) is 11.3 Å². The Labute approximate surface area is 199 Å². The van der Waals surface area contributed by atoms with Crippen LogP contribution in [0.5, 0.6) is 0 Å². The molecule has 0 aromatic carbocycles. The molecule has 2 aromatic heterocycles. The van der Waals surface area contributed by atoms with E-state index < -0.39 is 12.1 Å². The zero-order chi connectivity index (χ0) is 24.5. The number of hydrogen-bond acceptors (Lipinski definition) is 9. The fourth-order valence-electron chi connectivity index (χ4n) is 3.40. The minimum Gasteiger partial charge on any atom is -0.459 e. The van der Waals surface area contributed by atoms with Crippen molar-refractivity contribution in [1.29, 1.82) is 0 Å². The standard InChI is InChI=1S/C23H37N3O6S/c1-14(2)12-31-13-17(27)10-26(8-7-9-30-6)11-18-24-21(28)19-16(5)20(33-22(19)25-18)23(29)32-15(3)4/h14-15,17,27H,7-13H2,1-6H3,(H,24,25,28)/t17-/m0/s1. The largest absolute Gasteiger partial charge is 0.459 e. The van der Waals surface area contributed by atoms with E-state index in [4.69, 9.17) is 14.2 Å². The average Bonchev–Trinajstić information content (AvgIpc) is 3.04. The summed E-state index contributed by atoms with van der Waals surface area (Å²) in [5.41, 5.74) is 0.292. The summed E-state index contributed by atoms with van der Waals surface area (Å²) < 4.78 is 16.0. The van der Waals surface area contributed by atoms with Crippen LogP contribution in [0.4, 0.5) is 0 Å². The first-order valence-electron chi connectivity index (χ1n) is 11.3. The molecule has 0 aliphatic rings. The highest BCUT2D eigenvalue weighted by atomic mass is 32.1. The molecule has 10 heteroatoms. The van der Waals surface area contributed by atoms with Gasteiger partial charge in [-0.1, -0.05) is 13.8 Å². The van der Waals surface area contributed by atoms with Gasteiger partial charge in [0.15, 0.2) is 0 Å². The van der Waals surface area contributed by atoms with Crippen LogP contribution in [0.25, 0.3) is 10.2 Å². The number of aliphatic hydroxyl groups excluding tert-OH is 1. The van der Waals surface area contributed by atoms with E-state index in [1.165, 1.54) is 0 Å². The lowest BCUT2D eigenvalue weighted by Gasteiger charge is -2.24. The van der Waals surface area contributed by atoms with E-state index in [9.17, 15) is 14.7 Å². The van der Waals surface area contributed by atoms with Crippen molar-refractivity contribution in [3.8, 4) is 0 Å². The number of aliphatic hydroxyl groups is 1. The molecule has 0 unspecified atom stereocenters. The number of hydrogen-bond donors (Lipinski definition) is 2. The SMILES string of the molecule is COCCCN(Cc1nc2sc(C(=O)OC(C)C)c(C)c2c(=O)[nH]1)C[C@H](O)COCC(C)C. The molecular weight excluding hydrogens is 446 g/mol. The molecular formula is C23H37N3O6S. The van der Waals surface area contributed by atoms with Crippen LogP contribution in [0.15, 0.2) is 4.79 Å². The molecule has 0 amide bonds. The van der Waals surface area contributed by atoms with Gasteiger partial charge in [0.25, 0.3) is 5.56 Å². The van der Waals surface area contributed by atoms with Gasteiger partial charge in [-0.3, -0.25) is 9.69 Å². The van der Waals surface area contributed by atoms with Crippen LogP contribution in [-0.2, 0) is 20.8 Å². The number of fused-ring (bicyclic) bond motifs is 1. The van der Waals surface area contributed by atoms with E-state index in [2.05, 4.69) is 23.8 Å². The monoisotopic (exact) mass is 483 g/mol. The van der Waals surface area contributed by atoms with Crippen molar-refractivity contribution in [2.24, 2.45) is 5.92 Å². The summed E-state index contributed by atoms with van der Waals surface area (Å²) in [5.74, 6) is 0.426. The Morgan fingerprint density at radius 3 is 2.61 bits per heavy atom. The lowest BCUT2D eigenvalue weighted by Crippen LogP contribution is -2.36. The zero-order valence-corrected chi connectivity index (χ0v) is 21.3. The molecule has 0 saturated heterocycles. The molecule has 0 aliphatic carbocycles. The Bertz CT molecular complexity index is 956. The first-order chi connectivity index (χ1) is 15.6. The summed E-state index contributed by atoms with van der Waals surface area (Å²) >= 11 is 1.16. The van der Waals surface area contributed by atoms with Crippen molar-refractivity contribution in [3.63, 3.8) is 0 Å². The average molecular weight is 484 g/mol. The fourth-order valence-corrected chi connectivity index (χ4v) is 4.48.